The third kappa shape index (κ3) is 3.79. The summed E-state index contributed by atoms with van der Waals surface area (Å²) in [6, 6.07) is 4.78. The molecule has 2 nitrogen and oxygen atoms in total. The van der Waals surface area contributed by atoms with E-state index >= 15 is 0 Å². The van der Waals surface area contributed by atoms with E-state index in [-0.39, 0.29) is 0 Å². The van der Waals surface area contributed by atoms with Crippen LogP contribution >= 0.6 is 0 Å². The van der Waals surface area contributed by atoms with Crippen molar-refractivity contribution in [3.63, 3.8) is 0 Å². The number of hydrogen-bond acceptors (Lipinski definition) is 2. The van der Waals surface area contributed by atoms with Gasteiger partial charge in [0, 0.05) is 6.20 Å². The number of hydrogen-bond donors (Lipinski definition) is 1. The molecule has 1 aromatic heterocycles. The topological polar surface area (TPSA) is 24.9 Å². The van der Waals surface area contributed by atoms with E-state index in [1.54, 1.807) is 0 Å². The highest BCUT2D eigenvalue weighted by Gasteiger charge is 2.26. The van der Waals surface area contributed by atoms with Crippen LogP contribution in [0.2, 0.25) is 0 Å². The molecule has 1 N–H and O–H groups in total. The van der Waals surface area contributed by atoms with Crippen LogP contribution in [0, 0.1) is 5.92 Å². The Morgan fingerprint density at radius 1 is 1.26 bits per heavy atom. The highest BCUT2D eigenvalue weighted by Crippen LogP contribution is 2.34. The number of nitrogens with one attached hydrogen (secondary N) is 1. The van der Waals surface area contributed by atoms with Crippen LogP contribution in [0.25, 0.3) is 0 Å². The first-order valence-corrected chi connectivity index (χ1v) is 8.04. The third-order valence-electron chi connectivity index (χ3n) is 4.34. The van der Waals surface area contributed by atoms with E-state index in [1.807, 2.05) is 6.20 Å². The summed E-state index contributed by atoms with van der Waals surface area (Å²) in [6.07, 6.45) is 11.2. The summed E-state index contributed by atoms with van der Waals surface area (Å²) < 4.78 is 0. The minimum absolute atomic E-state index is 0.469. The Hall–Kier alpha value is -0.890. The Morgan fingerprint density at radius 3 is 2.74 bits per heavy atom. The maximum absolute atomic E-state index is 4.72. The van der Waals surface area contributed by atoms with Crippen molar-refractivity contribution in [1.82, 2.24) is 10.3 Å². The summed E-state index contributed by atoms with van der Waals surface area (Å²) in [5.74, 6) is 0.778. The lowest BCUT2D eigenvalue weighted by atomic mass is 9.81. The maximum atomic E-state index is 4.72. The molecule has 0 aliphatic heterocycles. The fourth-order valence-electron chi connectivity index (χ4n) is 3.28. The van der Waals surface area contributed by atoms with Gasteiger partial charge < -0.3 is 5.32 Å². The molecule has 0 saturated heterocycles. The van der Waals surface area contributed by atoms with Crippen molar-refractivity contribution in [2.45, 2.75) is 64.8 Å². The van der Waals surface area contributed by atoms with Crippen molar-refractivity contribution in [3.05, 3.63) is 29.6 Å². The highest BCUT2D eigenvalue weighted by molar-refractivity contribution is 5.23. The lowest BCUT2D eigenvalue weighted by molar-refractivity contribution is 0.267. The van der Waals surface area contributed by atoms with Gasteiger partial charge in [-0.1, -0.05) is 39.2 Å². The second-order valence-corrected chi connectivity index (χ2v) is 5.73. The van der Waals surface area contributed by atoms with Gasteiger partial charge in [0.2, 0.25) is 0 Å². The van der Waals surface area contributed by atoms with Gasteiger partial charge in [0.25, 0.3) is 0 Å². The average molecular weight is 260 g/mol. The molecule has 2 rings (SSSR count). The minimum atomic E-state index is 0.469. The molecule has 1 fully saturated rings. The van der Waals surface area contributed by atoms with Crippen molar-refractivity contribution in [2.24, 2.45) is 5.92 Å². The lowest BCUT2D eigenvalue weighted by Crippen LogP contribution is -2.31. The van der Waals surface area contributed by atoms with Crippen LogP contribution in [0.5, 0.6) is 0 Å². The number of pyridine rings is 1. The zero-order valence-electron chi connectivity index (χ0n) is 12.5. The first-order valence-electron chi connectivity index (χ1n) is 8.04. The van der Waals surface area contributed by atoms with Gasteiger partial charge in [-0.15, -0.1) is 0 Å². The van der Waals surface area contributed by atoms with Crippen LogP contribution in [0.1, 0.15) is 69.7 Å². The Kier molecular flexibility index (Phi) is 5.84. The van der Waals surface area contributed by atoms with Crippen molar-refractivity contribution < 1.29 is 0 Å². The summed E-state index contributed by atoms with van der Waals surface area (Å²) in [6.45, 7) is 5.57. The minimum Gasteiger partial charge on any atom is -0.308 e. The van der Waals surface area contributed by atoms with Crippen molar-refractivity contribution in [1.29, 1.82) is 0 Å². The summed E-state index contributed by atoms with van der Waals surface area (Å²) >= 11 is 0. The molecule has 1 unspecified atom stereocenters. The Morgan fingerprint density at radius 2 is 2.05 bits per heavy atom. The van der Waals surface area contributed by atoms with Gasteiger partial charge in [0.15, 0.2) is 0 Å². The molecule has 0 aromatic carbocycles. The quantitative estimate of drug-likeness (QED) is 0.826. The second kappa shape index (κ2) is 7.64. The number of aryl methyl sites for hydroxylation is 1. The number of rotatable bonds is 6. The fourth-order valence-corrected chi connectivity index (χ4v) is 3.28. The van der Waals surface area contributed by atoms with Crippen LogP contribution in [0.15, 0.2) is 18.3 Å². The molecule has 1 aromatic rings. The summed E-state index contributed by atoms with van der Waals surface area (Å²) in [5.41, 5.74) is 2.73. The van der Waals surface area contributed by atoms with Gasteiger partial charge in [0.05, 0.1) is 11.7 Å². The highest BCUT2D eigenvalue weighted by atomic mass is 14.9. The van der Waals surface area contributed by atoms with E-state index in [1.165, 1.54) is 49.8 Å². The molecule has 0 bridgehead atoms. The molecule has 106 valence electrons. The second-order valence-electron chi connectivity index (χ2n) is 5.73. The van der Waals surface area contributed by atoms with E-state index in [0.717, 1.165) is 18.9 Å². The molecule has 0 spiro atoms. The molecule has 1 aliphatic rings. The molecule has 2 heteroatoms. The predicted octanol–water partition coefficient (Wildman–Crippen LogP) is 4.27. The van der Waals surface area contributed by atoms with E-state index in [9.17, 15) is 0 Å². The van der Waals surface area contributed by atoms with Crippen LogP contribution < -0.4 is 5.32 Å². The average Bonchev–Trinajstić information content (AvgIpc) is 2.49. The standard InChI is InChI=1S/C17H28N2/c1-3-12-18-17(15-9-6-5-7-10-15)16-14(4-2)11-8-13-19-16/h8,11,13,15,17-18H,3-7,9-10,12H2,1-2H3. The molecule has 1 saturated carbocycles. The van der Waals surface area contributed by atoms with Gasteiger partial charge in [-0.05, 0) is 49.8 Å². The summed E-state index contributed by atoms with van der Waals surface area (Å²) in [7, 11) is 0. The summed E-state index contributed by atoms with van der Waals surface area (Å²) in [4.78, 5) is 4.72. The van der Waals surface area contributed by atoms with Crippen molar-refractivity contribution in [3.8, 4) is 0 Å². The van der Waals surface area contributed by atoms with Gasteiger partial charge >= 0.3 is 0 Å². The molecule has 0 radical (unpaired) electrons. The summed E-state index contributed by atoms with van der Waals surface area (Å²) in [5, 5.41) is 3.77. The van der Waals surface area contributed by atoms with Crippen molar-refractivity contribution in [2.75, 3.05) is 6.54 Å². The molecule has 0 amide bonds. The first kappa shape index (κ1) is 14.5. The number of nitrogens with zero attached hydrogens (tertiary/aromatic N) is 1. The zero-order chi connectivity index (χ0) is 13.5. The van der Waals surface area contributed by atoms with Gasteiger partial charge in [-0.25, -0.2) is 0 Å². The van der Waals surface area contributed by atoms with Crippen LogP contribution in [-0.2, 0) is 6.42 Å². The largest absolute Gasteiger partial charge is 0.308 e. The van der Waals surface area contributed by atoms with E-state index in [0.29, 0.717) is 6.04 Å². The fraction of sp³-hybridized carbons (Fsp3) is 0.706. The van der Waals surface area contributed by atoms with E-state index in [2.05, 4.69) is 31.3 Å². The van der Waals surface area contributed by atoms with E-state index in [4.69, 9.17) is 4.98 Å². The predicted molar refractivity (Wildman–Crippen MR) is 81.2 cm³/mol. The molecular formula is C17H28N2. The Labute approximate surface area is 118 Å². The molecular weight excluding hydrogens is 232 g/mol. The maximum Gasteiger partial charge on any atom is 0.0607 e. The Bertz CT molecular complexity index is 369. The van der Waals surface area contributed by atoms with E-state index < -0.39 is 0 Å². The smallest absolute Gasteiger partial charge is 0.0607 e. The lowest BCUT2D eigenvalue weighted by Gasteiger charge is -2.31. The molecule has 1 aliphatic carbocycles. The number of aromatic nitrogens is 1. The van der Waals surface area contributed by atoms with Gasteiger partial charge in [-0.3, -0.25) is 4.98 Å². The monoisotopic (exact) mass is 260 g/mol. The van der Waals surface area contributed by atoms with Gasteiger partial charge in [0.1, 0.15) is 0 Å². The van der Waals surface area contributed by atoms with Crippen LogP contribution in [0.3, 0.4) is 0 Å². The van der Waals surface area contributed by atoms with Gasteiger partial charge in [-0.2, -0.15) is 0 Å². The van der Waals surface area contributed by atoms with Crippen LogP contribution in [0.4, 0.5) is 0 Å². The molecule has 19 heavy (non-hydrogen) atoms. The third-order valence-corrected chi connectivity index (χ3v) is 4.34. The van der Waals surface area contributed by atoms with Crippen molar-refractivity contribution >= 4 is 0 Å². The Balaban J connectivity index is 2.19. The normalized spacial score (nSPS) is 18.4. The zero-order valence-corrected chi connectivity index (χ0v) is 12.5. The molecule has 1 atom stereocenters. The first-order chi connectivity index (χ1) is 9.36. The SMILES string of the molecule is CCCNC(c1ncccc1CC)C1CCCCC1. The molecule has 1 heterocycles. The van der Waals surface area contributed by atoms with Crippen LogP contribution in [-0.4, -0.2) is 11.5 Å².